The quantitative estimate of drug-likeness (QED) is 0.524. The molecule has 4 unspecified atom stereocenters. The summed E-state index contributed by atoms with van der Waals surface area (Å²) >= 11 is 0. The van der Waals surface area contributed by atoms with Gasteiger partial charge in [-0.2, -0.15) is 0 Å². The summed E-state index contributed by atoms with van der Waals surface area (Å²) in [5, 5.41) is 0. The Kier molecular flexibility index (Phi) is 4.11. The van der Waals surface area contributed by atoms with Crippen LogP contribution in [0.15, 0.2) is 0 Å². The highest BCUT2D eigenvalue weighted by Gasteiger charge is 2.30. The molecule has 0 nitrogen and oxygen atoms in total. The maximum absolute atomic E-state index is 2.52. The van der Waals surface area contributed by atoms with Crippen molar-refractivity contribution in [2.75, 3.05) is 0 Å². The van der Waals surface area contributed by atoms with Crippen LogP contribution in [-0.4, -0.2) is 0 Å². The third kappa shape index (κ3) is 2.98. The van der Waals surface area contributed by atoms with Crippen LogP contribution >= 0.6 is 0 Å². The van der Waals surface area contributed by atoms with Crippen LogP contribution in [0.2, 0.25) is 0 Å². The maximum Gasteiger partial charge on any atom is -0.0360 e. The van der Waals surface area contributed by atoms with Crippen LogP contribution in [0.25, 0.3) is 0 Å². The Morgan fingerprint density at radius 3 is 2.27 bits per heavy atom. The van der Waals surface area contributed by atoms with Crippen molar-refractivity contribution in [3.63, 3.8) is 0 Å². The second-order valence-corrected chi connectivity index (χ2v) is 6.31. The summed E-state index contributed by atoms with van der Waals surface area (Å²) in [5.74, 6) is 4.18. The molecular formula is C15H28. The fourth-order valence-corrected chi connectivity index (χ4v) is 4.09. The molecule has 0 bridgehead atoms. The lowest BCUT2D eigenvalue weighted by molar-refractivity contribution is 0.170. The zero-order valence-corrected chi connectivity index (χ0v) is 10.7. The van der Waals surface area contributed by atoms with Gasteiger partial charge in [0.2, 0.25) is 0 Å². The summed E-state index contributed by atoms with van der Waals surface area (Å²) in [4.78, 5) is 0. The largest absolute Gasteiger partial charge is 0.0625 e. The average Bonchev–Trinajstić information content (AvgIpc) is 2.33. The first-order chi connectivity index (χ1) is 7.27. The minimum absolute atomic E-state index is 1.00. The van der Waals surface area contributed by atoms with E-state index in [0.29, 0.717) is 0 Å². The van der Waals surface area contributed by atoms with Crippen molar-refractivity contribution in [2.45, 2.75) is 71.6 Å². The molecule has 0 aliphatic heterocycles. The minimum Gasteiger partial charge on any atom is -0.0625 e. The zero-order valence-electron chi connectivity index (χ0n) is 10.7. The molecule has 0 radical (unpaired) electrons. The van der Waals surface area contributed by atoms with E-state index in [4.69, 9.17) is 0 Å². The van der Waals surface area contributed by atoms with Crippen LogP contribution in [0.5, 0.6) is 0 Å². The first kappa shape index (κ1) is 11.5. The molecule has 0 amide bonds. The molecule has 0 aromatic carbocycles. The van der Waals surface area contributed by atoms with Crippen molar-refractivity contribution in [3.05, 3.63) is 0 Å². The molecule has 2 fully saturated rings. The molecule has 2 rings (SSSR count). The van der Waals surface area contributed by atoms with Gasteiger partial charge in [-0.25, -0.2) is 0 Å². The fraction of sp³-hybridized carbons (Fsp3) is 1.00. The molecule has 0 saturated heterocycles. The van der Waals surface area contributed by atoms with Gasteiger partial charge in [-0.1, -0.05) is 58.8 Å². The lowest BCUT2D eigenvalue weighted by Crippen LogP contribution is -2.23. The van der Waals surface area contributed by atoms with E-state index < -0.39 is 0 Å². The van der Waals surface area contributed by atoms with Crippen molar-refractivity contribution < 1.29 is 0 Å². The van der Waals surface area contributed by atoms with Crippen LogP contribution in [0.4, 0.5) is 0 Å². The number of hydrogen-bond donors (Lipinski definition) is 0. The highest BCUT2D eigenvalue weighted by atomic mass is 14.4. The standard InChI is InChI=1S/C15H28/c1-12-7-3-6-10-15-13(2)8-4-5-9-14(15)11-12/h12-15H,3-11H2,1-2H3. The summed E-state index contributed by atoms with van der Waals surface area (Å²) in [7, 11) is 0. The Morgan fingerprint density at radius 1 is 0.733 bits per heavy atom. The highest BCUT2D eigenvalue weighted by molar-refractivity contribution is 4.81. The van der Waals surface area contributed by atoms with Crippen molar-refractivity contribution >= 4 is 0 Å². The van der Waals surface area contributed by atoms with Gasteiger partial charge < -0.3 is 0 Å². The van der Waals surface area contributed by atoms with Gasteiger partial charge in [0.15, 0.2) is 0 Å². The molecule has 15 heavy (non-hydrogen) atoms. The van der Waals surface area contributed by atoms with E-state index in [-0.39, 0.29) is 0 Å². The topological polar surface area (TPSA) is 0 Å². The molecule has 0 heterocycles. The van der Waals surface area contributed by atoms with E-state index in [0.717, 1.165) is 23.7 Å². The van der Waals surface area contributed by atoms with E-state index >= 15 is 0 Å². The molecule has 2 aliphatic rings. The highest BCUT2D eigenvalue weighted by Crippen LogP contribution is 2.41. The number of rotatable bonds is 0. The van der Waals surface area contributed by atoms with Crippen LogP contribution in [-0.2, 0) is 0 Å². The number of fused-ring (bicyclic) bond motifs is 1. The fourth-order valence-electron chi connectivity index (χ4n) is 4.09. The lowest BCUT2D eigenvalue weighted by atomic mass is 9.72. The SMILES string of the molecule is CC1CCCCC2C(C)CCCCC2C1. The Balaban J connectivity index is 2.03. The summed E-state index contributed by atoms with van der Waals surface area (Å²) in [5.41, 5.74) is 0. The van der Waals surface area contributed by atoms with E-state index in [9.17, 15) is 0 Å². The Morgan fingerprint density at radius 2 is 1.40 bits per heavy atom. The number of hydrogen-bond acceptors (Lipinski definition) is 0. The molecular weight excluding hydrogens is 180 g/mol. The summed E-state index contributed by atoms with van der Waals surface area (Å²) in [6, 6.07) is 0. The van der Waals surface area contributed by atoms with Gasteiger partial charge >= 0.3 is 0 Å². The second-order valence-electron chi connectivity index (χ2n) is 6.31. The molecule has 0 aromatic heterocycles. The Hall–Kier alpha value is 0. The molecule has 88 valence electrons. The molecule has 4 atom stereocenters. The minimum atomic E-state index is 1.00. The second kappa shape index (κ2) is 5.37. The summed E-state index contributed by atoms with van der Waals surface area (Å²) in [6.07, 6.45) is 13.6. The third-order valence-corrected chi connectivity index (χ3v) is 5.01. The van der Waals surface area contributed by atoms with E-state index in [1.807, 2.05) is 0 Å². The predicted octanol–water partition coefficient (Wildman–Crippen LogP) is 5.03. The van der Waals surface area contributed by atoms with E-state index in [1.54, 1.807) is 12.8 Å². The van der Waals surface area contributed by atoms with Gasteiger partial charge in [0.05, 0.1) is 0 Å². The van der Waals surface area contributed by atoms with Gasteiger partial charge in [-0.3, -0.25) is 0 Å². The monoisotopic (exact) mass is 208 g/mol. The van der Waals surface area contributed by atoms with Crippen molar-refractivity contribution in [1.29, 1.82) is 0 Å². The summed E-state index contributed by atoms with van der Waals surface area (Å²) < 4.78 is 0. The first-order valence-electron chi connectivity index (χ1n) is 7.27. The van der Waals surface area contributed by atoms with Gasteiger partial charge in [-0.15, -0.1) is 0 Å². The lowest BCUT2D eigenvalue weighted by Gasteiger charge is -2.33. The van der Waals surface area contributed by atoms with Crippen molar-refractivity contribution in [2.24, 2.45) is 23.7 Å². The van der Waals surface area contributed by atoms with Gasteiger partial charge in [0.25, 0.3) is 0 Å². The van der Waals surface area contributed by atoms with E-state index in [2.05, 4.69) is 13.8 Å². The normalized spacial score (nSPS) is 43.6. The smallest absolute Gasteiger partial charge is 0.0360 e. The maximum atomic E-state index is 2.52. The van der Waals surface area contributed by atoms with Gasteiger partial charge in [0.1, 0.15) is 0 Å². The molecule has 0 heteroatoms. The van der Waals surface area contributed by atoms with Crippen LogP contribution in [0, 0.1) is 23.7 Å². The molecule has 2 aliphatic carbocycles. The Labute approximate surface area is 95.8 Å². The van der Waals surface area contributed by atoms with E-state index in [1.165, 1.54) is 44.9 Å². The van der Waals surface area contributed by atoms with Crippen LogP contribution in [0.1, 0.15) is 71.6 Å². The van der Waals surface area contributed by atoms with Crippen molar-refractivity contribution in [1.82, 2.24) is 0 Å². The van der Waals surface area contributed by atoms with Gasteiger partial charge in [-0.05, 0) is 36.5 Å². The first-order valence-corrected chi connectivity index (χ1v) is 7.27. The zero-order chi connectivity index (χ0) is 10.7. The molecule has 0 aromatic rings. The Bertz CT molecular complexity index is 184. The molecule has 2 saturated carbocycles. The van der Waals surface area contributed by atoms with Gasteiger partial charge in [0, 0.05) is 0 Å². The third-order valence-electron chi connectivity index (χ3n) is 5.01. The van der Waals surface area contributed by atoms with Crippen LogP contribution in [0.3, 0.4) is 0 Å². The molecule has 0 spiro atoms. The van der Waals surface area contributed by atoms with Crippen molar-refractivity contribution in [3.8, 4) is 0 Å². The van der Waals surface area contributed by atoms with Crippen LogP contribution < -0.4 is 0 Å². The predicted molar refractivity (Wildman–Crippen MR) is 66.9 cm³/mol. The average molecular weight is 208 g/mol. The molecule has 0 N–H and O–H groups in total. The summed E-state index contributed by atoms with van der Waals surface area (Å²) in [6.45, 7) is 5.01.